The first-order chi connectivity index (χ1) is 22.2. The number of likely N-dealkylation sites (N-methyl/N-ethyl adjacent to an activating group) is 1. The van der Waals surface area contributed by atoms with Gasteiger partial charge in [-0.05, 0) is 49.4 Å². The molecule has 0 bridgehead atoms. The number of hydrogen-bond acceptors (Lipinski definition) is 9. The summed E-state index contributed by atoms with van der Waals surface area (Å²) in [5.74, 6) is 2.02. The number of aliphatic hydroxyl groups is 1. The summed E-state index contributed by atoms with van der Waals surface area (Å²) < 4.78 is 27.8. The van der Waals surface area contributed by atoms with Gasteiger partial charge in [0.1, 0.15) is 11.9 Å². The van der Waals surface area contributed by atoms with Gasteiger partial charge in [0.15, 0.2) is 23.0 Å². The molecule has 242 valence electrons. The third-order valence-corrected chi connectivity index (χ3v) is 7.98. The monoisotopic (exact) mass is 633 g/mol. The molecule has 3 aliphatic heterocycles. The van der Waals surface area contributed by atoms with Crippen LogP contribution in [-0.4, -0.2) is 85.4 Å². The fourth-order valence-electron chi connectivity index (χ4n) is 5.33. The van der Waals surface area contributed by atoms with Crippen molar-refractivity contribution in [3.05, 3.63) is 60.2 Å². The van der Waals surface area contributed by atoms with Gasteiger partial charge in [-0.3, -0.25) is 4.79 Å². The predicted molar refractivity (Wildman–Crippen MR) is 167 cm³/mol. The van der Waals surface area contributed by atoms with E-state index in [-0.39, 0.29) is 56.7 Å². The van der Waals surface area contributed by atoms with E-state index in [9.17, 15) is 19.5 Å². The van der Waals surface area contributed by atoms with Gasteiger partial charge in [0, 0.05) is 48.7 Å². The van der Waals surface area contributed by atoms with Crippen LogP contribution >= 0.6 is 0 Å². The number of carbonyl (C=O) groups excluding carboxylic acids is 3. The Morgan fingerprint density at radius 1 is 0.870 bits per heavy atom. The first kappa shape index (κ1) is 30.6. The molecule has 0 aromatic heterocycles. The minimum absolute atomic E-state index is 0.117. The molecule has 14 heteroatoms. The second-order valence-electron chi connectivity index (χ2n) is 11.4. The van der Waals surface area contributed by atoms with E-state index in [1.54, 1.807) is 67.4 Å². The normalized spacial score (nSPS) is 18.4. The zero-order chi connectivity index (χ0) is 32.4. The number of nitrogens with one attached hydrogen (secondary N) is 3. The molecule has 14 nitrogen and oxygen atoms in total. The Morgan fingerprint density at radius 2 is 1.41 bits per heavy atom. The molecule has 3 aliphatic rings. The Labute approximate surface area is 265 Å². The van der Waals surface area contributed by atoms with Crippen LogP contribution in [-0.2, 0) is 0 Å². The predicted octanol–water partition coefficient (Wildman–Crippen LogP) is 4.17. The number of ether oxygens (including phenoxy) is 5. The Bertz CT molecular complexity index is 1650. The second kappa shape index (κ2) is 12.9. The van der Waals surface area contributed by atoms with E-state index >= 15 is 0 Å². The smallest absolute Gasteiger partial charge is 0.323 e. The molecule has 5 amide bonds. The zero-order valence-corrected chi connectivity index (χ0v) is 25.6. The lowest BCUT2D eigenvalue weighted by Gasteiger charge is -2.38. The molecule has 0 aliphatic carbocycles. The molecule has 3 aromatic rings. The van der Waals surface area contributed by atoms with E-state index in [1.165, 1.54) is 11.0 Å². The number of benzene rings is 3. The van der Waals surface area contributed by atoms with Crippen LogP contribution < -0.4 is 39.6 Å². The minimum atomic E-state index is -0.528. The van der Waals surface area contributed by atoms with Gasteiger partial charge in [-0.1, -0.05) is 6.92 Å². The van der Waals surface area contributed by atoms with Gasteiger partial charge >= 0.3 is 12.1 Å². The van der Waals surface area contributed by atoms with Gasteiger partial charge in [-0.25, -0.2) is 9.59 Å². The number of rotatable bonds is 7. The first-order valence-electron chi connectivity index (χ1n) is 14.8. The summed E-state index contributed by atoms with van der Waals surface area (Å²) in [6.07, 6.45) is -0.513. The van der Waals surface area contributed by atoms with E-state index in [1.807, 2.05) is 6.92 Å². The van der Waals surface area contributed by atoms with Crippen LogP contribution in [0.1, 0.15) is 24.2 Å². The van der Waals surface area contributed by atoms with Gasteiger partial charge in [-0.15, -0.1) is 0 Å². The molecule has 46 heavy (non-hydrogen) atoms. The van der Waals surface area contributed by atoms with Crippen LogP contribution in [0, 0.1) is 5.92 Å². The number of nitrogens with zero attached hydrogens (tertiary/aromatic N) is 2. The van der Waals surface area contributed by atoms with Crippen LogP contribution in [0.3, 0.4) is 0 Å². The molecule has 0 unspecified atom stereocenters. The lowest BCUT2D eigenvalue weighted by Crippen LogP contribution is -2.50. The summed E-state index contributed by atoms with van der Waals surface area (Å²) in [6.45, 7) is 4.16. The van der Waals surface area contributed by atoms with Crippen molar-refractivity contribution in [2.24, 2.45) is 5.92 Å². The van der Waals surface area contributed by atoms with Crippen molar-refractivity contribution in [3.63, 3.8) is 0 Å². The summed E-state index contributed by atoms with van der Waals surface area (Å²) in [4.78, 5) is 42.8. The standard InChI is InChI=1S/C32H35N5O9/c1-18-13-37(19(2)15-38)30(39)23-10-20(33-31(40)34-21-5-8-25-27(11-21)44-16-42-25)4-7-24(23)46-29(18)14-36(3)32(41)35-22-6-9-26-28(12-22)45-17-43-26/h4-12,18-19,29,38H,13-17H2,1-3H3,(H,35,41)(H2,33,34,40)/t18-,19+,29+/m0/s1. The highest BCUT2D eigenvalue weighted by Crippen LogP contribution is 2.36. The van der Waals surface area contributed by atoms with E-state index < -0.39 is 18.2 Å². The quantitative estimate of drug-likeness (QED) is 0.299. The number of hydrogen-bond donors (Lipinski definition) is 4. The van der Waals surface area contributed by atoms with Gasteiger partial charge in [0.25, 0.3) is 5.91 Å². The zero-order valence-electron chi connectivity index (χ0n) is 25.6. The lowest BCUT2D eigenvalue weighted by molar-refractivity contribution is 0.0371. The molecular weight excluding hydrogens is 598 g/mol. The van der Waals surface area contributed by atoms with Crippen LogP contribution in [0.15, 0.2) is 54.6 Å². The molecule has 0 saturated carbocycles. The molecule has 4 N–H and O–H groups in total. The van der Waals surface area contributed by atoms with E-state index in [2.05, 4.69) is 16.0 Å². The van der Waals surface area contributed by atoms with Crippen molar-refractivity contribution < 1.29 is 43.2 Å². The average Bonchev–Trinajstić information content (AvgIpc) is 3.71. The maximum absolute atomic E-state index is 13.8. The third kappa shape index (κ3) is 6.52. The molecule has 0 saturated heterocycles. The van der Waals surface area contributed by atoms with Gasteiger partial charge in [-0.2, -0.15) is 0 Å². The summed E-state index contributed by atoms with van der Waals surface area (Å²) in [6, 6.07) is 13.6. The maximum Gasteiger partial charge on any atom is 0.323 e. The topological polar surface area (TPSA) is 160 Å². The minimum Gasteiger partial charge on any atom is -0.487 e. The molecule has 0 fully saturated rings. The third-order valence-electron chi connectivity index (χ3n) is 7.98. The molecule has 3 heterocycles. The fourth-order valence-corrected chi connectivity index (χ4v) is 5.33. The summed E-state index contributed by atoms with van der Waals surface area (Å²) in [7, 11) is 1.66. The molecule has 6 rings (SSSR count). The highest BCUT2D eigenvalue weighted by atomic mass is 16.7. The van der Waals surface area contributed by atoms with Gasteiger partial charge in [0.05, 0.1) is 24.8 Å². The van der Waals surface area contributed by atoms with Crippen molar-refractivity contribution in [1.82, 2.24) is 9.80 Å². The van der Waals surface area contributed by atoms with Crippen LogP contribution in [0.5, 0.6) is 28.7 Å². The van der Waals surface area contributed by atoms with Gasteiger partial charge < -0.3 is 54.5 Å². The Morgan fingerprint density at radius 3 is 2.02 bits per heavy atom. The number of carbonyl (C=O) groups is 3. The van der Waals surface area contributed by atoms with E-state index in [0.717, 1.165) is 0 Å². The van der Waals surface area contributed by atoms with Crippen LogP contribution in [0.4, 0.5) is 26.7 Å². The first-order valence-corrected chi connectivity index (χ1v) is 14.8. The number of anilines is 3. The van der Waals surface area contributed by atoms with Crippen molar-refractivity contribution in [1.29, 1.82) is 0 Å². The molecule has 0 spiro atoms. The fraction of sp³-hybridized carbons (Fsp3) is 0.344. The maximum atomic E-state index is 13.8. The number of aliphatic hydroxyl groups excluding tert-OH is 1. The van der Waals surface area contributed by atoms with Crippen molar-refractivity contribution in [3.8, 4) is 28.7 Å². The SMILES string of the molecule is C[C@H](CO)N1C[C@H](C)[C@@H](CN(C)C(=O)Nc2ccc3c(c2)OCO3)Oc2ccc(NC(=O)Nc3ccc4c(c3)OCO4)cc2C1=O. The highest BCUT2D eigenvalue weighted by molar-refractivity contribution is 6.02. The molecular formula is C32H35N5O9. The number of fused-ring (bicyclic) bond motifs is 3. The van der Waals surface area contributed by atoms with Crippen LogP contribution in [0.2, 0.25) is 0 Å². The van der Waals surface area contributed by atoms with Gasteiger partial charge in [0.2, 0.25) is 13.6 Å². The van der Waals surface area contributed by atoms with Crippen molar-refractivity contribution in [2.45, 2.75) is 26.0 Å². The summed E-state index contributed by atoms with van der Waals surface area (Å²) in [5, 5.41) is 18.3. The lowest BCUT2D eigenvalue weighted by atomic mass is 9.99. The Hall–Kier alpha value is -5.37. The summed E-state index contributed by atoms with van der Waals surface area (Å²) in [5.41, 5.74) is 1.62. The Balaban J connectivity index is 1.18. The van der Waals surface area contributed by atoms with E-state index in [0.29, 0.717) is 45.8 Å². The Kier molecular flexibility index (Phi) is 8.61. The van der Waals surface area contributed by atoms with Crippen molar-refractivity contribution >= 4 is 35.0 Å². The van der Waals surface area contributed by atoms with E-state index in [4.69, 9.17) is 23.7 Å². The second-order valence-corrected chi connectivity index (χ2v) is 11.4. The molecule has 0 radical (unpaired) electrons. The van der Waals surface area contributed by atoms with Crippen molar-refractivity contribution in [2.75, 3.05) is 56.3 Å². The van der Waals surface area contributed by atoms with Crippen LogP contribution in [0.25, 0.3) is 0 Å². The highest BCUT2D eigenvalue weighted by Gasteiger charge is 2.34. The number of amides is 5. The summed E-state index contributed by atoms with van der Waals surface area (Å²) >= 11 is 0. The molecule has 3 atom stereocenters. The number of urea groups is 2. The molecule has 3 aromatic carbocycles. The average molecular weight is 634 g/mol. The largest absolute Gasteiger partial charge is 0.487 e.